The fraction of sp³-hybridized carbons (Fsp3) is 0.438. The summed E-state index contributed by atoms with van der Waals surface area (Å²) < 4.78 is 26.4. The predicted octanol–water partition coefficient (Wildman–Crippen LogP) is 3.03. The summed E-state index contributed by atoms with van der Waals surface area (Å²) in [4.78, 5) is 13.7. The van der Waals surface area contributed by atoms with Gasteiger partial charge in [0.15, 0.2) is 0 Å². The quantitative estimate of drug-likeness (QED) is 0.819. The smallest absolute Gasteiger partial charge is 0.323 e. The maximum absolute atomic E-state index is 13.2. The lowest BCUT2D eigenvalue weighted by Gasteiger charge is -2.27. The Morgan fingerprint density at radius 2 is 1.92 bits per heavy atom. The van der Waals surface area contributed by atoms with Crippen molar-refractivity contribution in [2.24, 2.45) is 0 Å². The SMILES string of the molecule is CCN(CC(C)(C)O)C(=O)Nc1nnc(Cc2cc(F)cc(F)c2)s1. The van der Waals surface area contributed by atoms with Crippen molar-refractivity contribution < 1.29 is 18.7 Å². The van der Waals surface area contributed by atoms with Crippen LogP contribution in [0.4, 0.5) is 18.7 Å². The van der Waals surface area contributed by atoms with Crippen LogP contribution >= 0.6 is 11.3 Å². The second kappa shape index (κ2) is 7.83. The number of carbonyl (C=O) groups excluding carboxylic acids is 1. The van der Waals surface area contributed by atoms with E-state index in [1.165, 1.54) is 17.0 Å². The summed E-state index contributed by atoms with van der Waals surface area (Å²) in [7, 11) is 0. The van der Waals surface area contributed by atoms with Crippen molar-refractivity contribution in [2.45, 2.75) is 32.8 Å². The van der Waals surface area contributed by atoms with Gasteiger partial charge in [0.25, 0.3) is 0 Å². The lowest BCUT2D eigenvalue weighted by Crippen LogP contribution is -2.44. The number of nitrogens with one attached hydrogen (secondary N) is 1. The van der Waals surface area contributed by atoms with E-state index in [4.69, 9.17) is 0 Å². The molecule has 0 aliphatic carbocycles. The van der Waals surface area contributed by atoms with E-state index in [0.29, 0.717) is 17.1 Å². The van der Waals surface area contributed by atoms with Crippen LogP contribution in [-0.2, 0) is 6.42 Å². The van der Waals surface area contributed by atoms with Gasteiger partial charge in [-0.3, -0.25) is 5.32 Å². The molecule has 0 aliphatic rings. The molecule has 1 aromatic heterocycles. The topological polar surface area (TPSA) is 78.4 Å². The second-order valence-corrected chi connectivity index (χ2v) is 7.27. The number of likely N-dealkylation sites (N-methyl/N-ethyl adjacent to an activating group) is 1. The molecule has 2 aromatic rings. The van der Waals surface area contributed by atoms with E-state index in [1.807, 2.05) is 0 Å². The molecule has 0 spiro atoms. The molecule has 2 amide bonds. The Balaban J connectivity index is 2.02. The second-order valence-electron chi connectivity index (χ2n) is 6.21. The Labute approximate surface area is 148 Å². The molecule has 2 rings (SSSR count). The number of rotatable bonds is 6. The van der Waals surface area contributed by atoms with Gasteiger partial charge in [-0.25, -0.2) is 13.6 Å². The molecule has 136 valence electrons. The summed E-state index contributed by atoms with van der Waals surface area (Å²) in [6, 6.07) is 2.86. The molecule has 0 saturated carbocycles. The van der Waals surface area contributed by atoms with Crippen LogP contribution in [0.1, 0.15) is 31.3 Å². The summed E-state index contributed by atoms with van der Waals surface area (Å²) in [5.41, 5.74) is -0.579. The molecule has 9 heteroatoms. The molecule has 0 fully saturated rings. The molecule has 0 radical (unpaired) electrons. The van der Waals surface area contributed by atoms with Crippen molar-refractivity contribution in [3.8, 4) is 0 Å². The molecule has 25 heavy (non-hydrogen) atoms. The molecule has 0 unspecified atom stereocenters. The zero-order valence-electron chi connectivity index (χ0n) is 14.2. The number of anilines is 1. The zero-order chi connectivity index (χ0) is 18.6. The summed E-state index contributed by atoms with van der Waals surface area (Å²) in [6.45, 7) is 5.62. The molecule has 6 nitrogen and oxygen atoms in total. The van der Waals surface area contributed by atoms with Gasteiger partial charge >= 0.3 is 6.03 Å². The maximum atomic E-state index is 13.2. The summed E-state index contributed by atoms with van der Waals surface area (Å²) >= 11 is 1.13. The lowest BCUT2D eigenvalue weighted by molar-refractivity contribution is 0.0501. The van der Waals surface area contributed by atoms with Gasteiger partial charge in [0, 0.05) is 19.0 Å². The van der Waals surface area contributed by atoms with Crippen molar-refractivity contribution in [3.05, 3.63) is 40.4 Å². The minimum atomic E-state index is -1.01. The van der Waals surface area contributed by atoms with E-state index in [0.717, 1.165) is 17.4 Å². The van der Waals surface area contributed by atoms with E-state index < -0.39 is 23.3 Å². The number of urea groups is 1. The minimum Gasteiger partial charge on any atom is -0.389 e. The number of aromatic nitrogens is 2. The standard InChI is InChI=1S/C16H20F2N4O2S/c1-4-22(9-16(2,3)24)15(23)19-14-21-20-13(25-14)7-10-5-11(17)8-12(18)6-10/h5-6,8,24H,4,7,9H2,1-3H3,(H,19,21,23). The highest BCUT2D eigenvalue weighted by molar-refractivity contribution is 7.15. The average Bonchev–Trinajstić information content (AvgIpc) is 2.89. The molecular weight excluding hydrogens is 350 g/mol. The van der Waals surface area contributed by atoms with Crippen LogP contribution in [0.15, 0.2) is 18.2 Å². The number of aliphatic hydroxyl groups is 1. The first kappa shape index (κ1) is 19.2. The number of amides is 2. The minimum absolute atomic E-state index is 0.170. The Morgan fingerprint density at radius 1 is 1.28 bits per heavy atom. The van der Waals surface area contributed by atoms with Crippen molar-refractivity contribution in [1.29, 1.82) is 0 Å². The first-order valence-electron chi connectivity index (χ1n) is 7.72. The largest absolute Gasteiger partial charge is 0.389 e. The van der Waals surface area contributed by atoms with Gasteiger partial charge in [-0.05, 0) is 38.5 Å². The monoisotopic (exact) mass is 370 g/mol. The van der Waals surface area contributed by atoms with Gasteiger partial charge in [0.05, 0.1) is 12.1 Å². The highest BCUT2D eigenvalue weighted by Crippen LogP contribution is 2.20. The first-order valence-corrected chi connectivity index (χ1v) is 8.53. The number of benzene rings is 1. The van der Waals surface area contributed by atoms with Crippen LogP contribution in [-0.4, -0.2) is 44.9 Å². The van der Waals surface area contributed by atoms with Gasteiger partial charge in [-0.2, -0.15) is 0 Å². The highest BCUT2D eigenvalue weighted by Gasteiger charge is 2.22. The first-order chi connectivity index (χ1) is 11.7. The fourth-order valence-corrected chi connectivity index (χ4v) is 2.99. The van der Waals surface area contributed by atoms with Crippen LogP contribution in [0.2, 0.25) is 0 Å². The Kier molecular flexibility index (Phi) is 6.02. The summed E-state index contributed by atoms with van der Waals surface area (Å²) in [6.07, 6.45) is 0.212. The summed E-state index contributed by atoms with van der Waals surface area (Å²) in [5.74, 6) is -1.31. The van der Waals surface area contributed by atoms with Gasteiger partial charge in [0.1, 0.15) is 16.6 Å². The van der Waals surface area contributed by atoms with E-state index in [1.54, 1.807) is 20.8 Å². The van der Waals surface area contributed by atoms with Crippen LogP contribution in [0, 0.1) is 11.6 Å². The molecule has 0 saturated heterocycles. The number of carbonyl (C=O) groups is 1. The van der Waals surface area contributed by atoms with Crippen molar-refractivity contribution >= 4 is 22.5 Å². The van der Waals surface area contributed by atoms with Gasteiger partial charge in [-0.15, -0.1) is 10.2 Å². The van der Waals surface area contributed by atoms with Crippen molar-refractivity contribution in [3.63, 3.8) is 0 Å². The number of nitrogens with zero attached hydrogens (tertiary/aromatic N) is 3. The number of hydrogen-bond donors (Lipinski definition) is 2. The number of hydrogen-bond acceptors (Lipinski definition) is 5. The average molecular weight is 370 g/mol. The third-order valence-electron chi connectivity index (χ3n) is 3.21. The van der Waals surface area contributed by atoms with E-state index in [-0.39, 0.29) is 18.1 Å². The molecule has 0 bridgehead atoms. The maximum Gasteiger partial charge on any atom is 0.323 e. The Hall–Kier alpha value is -2.13. The third-order valence-corrected chi connectivity index (χ3v) is 4.04. The summed E-state index contributed by atoms with van der Waals surface area (Å²) in [5, 5.41) is 21.1. The molecule has 1 aromatic carbocycles. The van der Waals surface area contributed by atoms with Gasteiger partial charge in [0.2, 0.25) is 5.13 Å². The van der Waals surface area contributed by atoms with E-state index >= 15 is 0 Å². The molecule has 2 N–H and O–H groups in total. The van der Waals surface area contributed by atoms with Crippen LogP contribution < -0.4 is 5.32 Å². The zero-order valence-corrected chi connectivity index (χ0v) is 15.0. The lowest BCUT2D eigenvalue weighted by atomic mass is 10.1. The van der Waals surface area contributed by atoms with Crippen molar-refractivity contribution in [1.82, 2.24) is 15.1 Å². The predicted molar refractivity (Wildman–Crippen MR) is 91.6 cm³/mol. The highest BCUT2D eigenvalue weighted by atomic mass is 32.1. The van der Waals surface area contributed by atoms with Crippen LogP contribution in [0.3, 0.4) is 0 Å². The van der Waals surface area contributed by atoms with Gasteiger partial charge in [-0.1, -0.05) is 11.3 Å². The third kappa shape index (κ3) is 6.02. The van der Waals surface area contributed by atoms with Crippen LogP contribution in [0.25, 0.3) is 0 Å². The Bertz CT molecular complexity index is 726. The molecular formula is C16H20F2N4O2S. The van der Waals surface area contributed by atoms with E-state index in [2.05, 4.69) is 15.5 Å². The number of halogens is 2. The van der Waals surface area contributed by atoms with Gasteiger partial charge < -0.3 is 10.0 Å². The fourth-order valence-electron chi connectivity index (χ4n) is 2.23. The van der Waals surface area contributed by atoms with E-state index in [9.17, 15) is 18.7 Å². The van der Waals surface area contributed by atoms with Crippen LogP contribution in [0.5, 0.6) is 0 Å². The molecule has 0 aliphatic heterocycles. The Morgan fingerprint density at radius 3 is 2.48 bits per heavy atom. The molecule has 0 atom stereocenters. The molecule has 1 heterocycles. The normalized spacial score (nSPS) is 11.4. The van der Waals surface area contributed by atoms with Crippen molar-refractivity contribution in [2.75, 3.05) is 18.4 Å².